The predicted octanol–water partition coefficient (Wildman–Crippen LogP) is 3.00. The summed E-state index contributed by atoms with van der Waals surface area (Å²) in [6, 6.07) is 5.44. The van der Waals surface area contributed by atoms with Crippen LogP contribution in [0.25, 0.3) is 0 Å². The van der Waals surface area contributed by atoms with Crippen LogP contribution >= 0.6 is 11.6 Å². The van der Waals surface area contributed by atoms with Gasteiger partial charge in [-0.3, -0.25) is 4.79 Å². The molecule has 2 aromatic rings. The molecule has 2 saturated carbocycles. The van der Waals surface area contributed by atoms with Crippen molar-refractivity contribution in [2.24, 2.45) is 5.41 Å². The van der Waals surface area contributed by atoms with Crippen LogP contribution in [0.5, 0.6) is 0 Å². The lowest BCUT2D eigenvalue weighted by Gasteiger charge is -2.57. The molecule has 4 N–H and O–H groups in total. The van der Waals surface area contributed by atoms with Crippen LogP contribution in [0.3, 0.4) is 0 Å². The third-order valence-corrected chi connectivity index (χ3v) is 7.38. The first-order valence-corrected chi connectivity index (χ1v) is 11.9. The molecule has 1 aliphatic heterocycles. The Morgan fingerprint density at radius 1 is 1.14 bits per heavy atom. The number of aromatic nitrogens is 2. The van der Waals surface area contributed by atoms with Crippen LogP contribution in [0.2, 0.25) is 5.02 Å². The van der Waals surface area contributed by atoms with Gasteiger partial charge in [0, 0.05) is 30.7 Å². The first-order chi connectivity index (χ1) is 16.8. The van der Waals surface area contributed by atoms with E-state index in [0.29, 0.717) is 30.9 Å². The van der Waals surface area contributed by atoms with Crippen molar-refractivity contribution in [1.82, 2.24) is 20.8 Å². The van der Waals surface area contributed by atoms with E-state index in [1.807, 2.05) is 4.90 Å². The van der Waals surface area contributed by atoms with Crippen molar-refractivity contribution >= 4 is 35.1 Å². The number of aromatic amines is 1. The van der Waals surface area contributed by atoms with E-state index in [0.717, 1.165) is 25.7 Å². The highest BCUT2D eigenvalue weighted by Gasteiger charge is 2.53. The van der Waals surface area contributed by atoms with Crippen LogP contribution in [0.15, 0.2) is 35.3 Å². The fourth-order valence-corrected chi connectivity index (χ4v) is 5.59. The van der Waals surface area contributed by atoms with E-state index in [-0.39, 0.29) is 40.5 Å². The number of hydrogen-bond acceptors (Lipinski definition) is 6. The monoisotopic (exact) mass is 504 g/mol. The molecular formula is C23H26ClFN6O4. The van der Waals surface area contributed by atoms with Gasteiger partial charge in [-0.1, -0.05) is 11.6 Å². The van der Waals surface area contributed by atoms with Gasteiger partial charge in [0.2, 0.25) is 0 Å². The third kappa shape index (κ3) is 5.19. The second-order valence-corrected chi connectivity index (χ2v) is 10.00. The summed E-state index contributed by atoms with van der Waals surface area (Å²) in [5.41, 5.74) is 0.765. The van der Waals surface area contributed by atoms with Crippen LogP contribution in [0.4, 0.5) is 25.4 Å². The van der Waals surface area contributed by atoms with Crippen LogP contribution in [0.1, 0.15) is 32.1 Å². The molecule has 35 heavy (non-hydrogen) atoms. The highest BCUT2D eigenvalue weighted by Crippen LogP contribution is 2.55. The molecule has 1 aromatic carbocycles. The molecule has 3 fully saturated rings. The van der Waals surface area contributed by atoms with Crippen molar-refractivity contribution in [1.29, 1.82) is 0 Å². The van der Waals surface area contributed by atoms with Crippen LogP contribution in [-0.2, 0) is 4.74 Å². The second-order valence-electron chi connectivity index (χ2n) is 9.62. The molecule has 12 heteroatoms. The van der Waals surface area contributed by atoms with E-state index in [1.165, 1.54) is 30.5 Å². The van der Waals surface area contributed by atoms with Gasteiger partial charge in [0.1, 0.15) is 16.9 Å². The van der Waals surface area contributed by atoms with Crippen LogP contribution < -0.4 is 26.4 Å². The van der Waals surface area contributed by atoms with E-state index in [1.54, 1.807) is 0 Å². The molecule has 1 unspecified atom stereocenters. The van der Waals surface area contributed by atoms with Gasteiger partial charge in [-0.15, -0.1) is 0 Å². The zero-order valence-corrected chi connectivity index (χ0v) is 19.6. The maximum Gasteiger partial charge on any atom is 0.407 e. The Bertz CT molecular complexity index is 1160. The first kappa shape index (κ1) is 23.4. The summed E-state index contributed by atoms with van der Waals surface area (Å²) in [6.45, 7) is 1.05. The number of nitrogens with one attached hydrogen (secondary N) is 4. The topological polar surface area (TPSA) is 128 Å². The molecule has 1 saturated heterocycles. The Balaban J connectivity index is 0.996. The Kier molecular flexibility index (Phi) is 6.26. The molecule has 1 spiro atoms. The van der Waals surface area contributed by atoms with Crippen LogP contribution in [0, 0.1) is 11.2 Å². The molecule has 1 atom stereocenters. The van der Waals surface area contributed by atoms with Gasteiger partial charge < -0.3 is 25.6 Å². The number of H-pyrrole nitrogens is 1. The maximum absolute atomic E-state index is 13.0. The number of ether oxygens (including phenoxy) is 1. The molecule has 1 aromatic heterocycles. The zero-order valence-electron chi connectivity index (χ0n) is 18.9. The Hall–Kier alpha value is -3.34. The maximum atomic E-state index is 13.0. The first-order valence-electron chi connectivity index (χ1n) is 11.6. The molecule has 0 radical (unpaired) electrons. The molecule has 5 rings (SSSR count). The van der Waals surface area contributed by atoms with Gasteiger partial charge in [-0.25, -0.2) is 19.1 Å². The lowest BCUT2D eigenvalue weighted by molar-refractivity contribution is -0.0259. The number of hydrogen-bond donors (Lipinski definition) is 4. The lowest BCUT2D eigenvalue weighted by atomic mass is 9.52. The lowest BCUT2D eigenvalue weighted by Crippen LogP contribution is -2.61. The SMILES string of the molecule is O=C(Nc1ccc(F)cc1)NC1CC2(C1)CC(NC(=O)OC1CCN(c3cn[nH]c(=O)c3Cl)C1)C2. The summed E-state index contributed by atoms with van der Waals surface area (Å²) in [6.07, 6.45) is 4.82. The van der Waals surface area contributed by atoms with E-state index >= 15 is 0 Å². The van der Waals surface area contributed by atoms with E-state index < -0.39 is 11.7 Å². The van der Waals surface area contributed by atoms with Gasteiger partial charge in [-0.2, -0.15) is 5.10 Å². The molecule has 10 nitrogen and oxygen atoms in total. The largest absolute Gasteiger partial charge is 0.444 e. The van der Waals surface area contributed by atoms with Gasteiger partial charge in [0.15, 0.2) is 0 Å². The third-order valence-electron chi connectivity index (χ3n) is 7.01. The minimum absolute atomic E-state index is 0.0559. The summed E-state index contributed by atoms with van der Waals surface area (Å²) in [4.78, 5) is 38.0. The molecule has 2 heterocycles. The summed E-state index contributed by atoms with van der Waals surface area (Å²) in [5.74, 6) is -0.355. The highest BCUT2D eigenvalue weighted by molar-refractivity contribution is 6.33. The zero-order chi connectivity index (χ0) is 24.6. The van der Waals surface area contributed by atoms with Crippen LogP contribution in [-0.4, -0.2) is 53.6 Å². The number of rotatable bonds is 5. The fourth-order valence-electron chi connectivity index (χ4n) is 5.38. The van der Waals surface area contributed by atoms with Gasteiger partial charge in [0.05, 0.1) is 18.4 Å². The minimum atomic E-state index is -0.452. The molecule has 3 amide bonds. The number of nitrogens with zero attached hydrogens (tertiary/aromatic N) is 2. The number of amides is 3. The quantitative estimate of drug-likeness (QED) is 0.495. The molecule has 2 aliphatic carbocycles. The number of carbonyl (C=O) groups excluding carboxylic acids is 2. The fraction of sp³-hybridized carbons (Fsp3) is 0.478. The van der Waals surface area contributed by atoms with Crippen molar-refractivity contribution in [2.75, 3.05) is 23.3 Å². The van der Waals surface area contributed by atoms with Crippen molar-refractivity contribution in [3.05, 3.63) is 51.7 Å². The molecule has 3 aliphatic rings. The number of benzene rings is 1. The van der Waals surface area contributed by atoms with E-state index in [9.17, 15) is 18.8 Å². The molecule has 186 valence electrons. The molecule has 0 bridgehead atoms. The summed E-state index contributed by atoms with van der Waals surface area (Å²) < 4.78 is 18.5. The number of anilines is 2. The van der Waals surface area contributed by atoms with Crippen molar-refractivity contribution in [3.8, 4) is 0 Å². The normalized spacial score (nSPS) is 27.0. The Labute approximate surface area is 205 Å². The van der Waals surface area contributed by atoms with Gasteiger partial charge in [0.25, 0.3) is 5.56 Å². The average Bonchev–Trinajstić information content (AvgIpc) is 3.22. The minimum Gasteiger partial charge on any atom is -0.444 e. The standard InChI is InChI=1S/C23H26ClFN6O4/c24-19-18(11-26-30-20(19)32)31-6-5-17(12-31)35-22(34)29-16-9-23(10-16)7-15(8-23)28-21(33)27-14-3-1-13(25)2-4-14/h1-4,11,15-17H,5-10,12H2,(H,29,34)(H,30,32)(H2,27,28,33). The molecular weight excluding hydrogens is 479 g/mol. The highest BCUT2D eigenvalue weighted by atomic mass is 35.5. The summed E-state index contributed by atoms with van der Waals surface area (Å²) in [5, 5.41) is 14.7. The van der Waals surface area contributed by atoms with Crippen molar-refractivity contribution in [2.45, 2.75) is 50.3 Å². The number of alkyl carbamates (subject to hydrolysis) is 1. The summed E-state index contributed by atoms with van der Waals surface area (Å²) >= 11 is 6.06. The van der Waals surface area contributed by atoms with Crippen molar-refractivity contribution in [3.63, 3.8) is 0 Å². The Morgan fingerprint density at radius 3 is 2.54 bits per heavy atom. The second kappa shape index (κ2) is 9.37. The summed E-state index contributed by atoms with van der Waals surface area (Å²) in [7, 11) is 0. The predicted molar refractivity (Wildman–Crippen MR) is 127 cm³/mol. The van der Waals surface area contributed by atoms with E-state index in [2.05, 4.69) is 26.1 Å². The average molecular weight is 505 g/mol. The van der Waals surface area contributed by atoms with Gasteiger partial charge in [-0.05, 0) is 55.4 Å². The van der Waals surface area contributed by atoms with Gasteiger partial charge >= 0.3 is 12.1 Å². The van der Waals surface area contributed by atoms with Crippen molar-refractivity contribution < 1.29 is 18.7 Å². The van der Waals surface area contributed by atoms with E-state index in [4.69, 9.17) is 16.3 Å². The smallest absolute Gasteiger partial charge is 0.407 e. The number of carbonyl (C=O) groups is 2. The number of urea groups is 1. The Morgan fingerprint density at radius 2 is 1.83 bits per heavy atom. The number of halogens is 2.